The van der Waals surface area contributed by atoms with E-state index in [4.69, 9.17) is 4.74 Å². The zero-order chi connectivity index (χ0) is 17.9. The van der Waals surface area contributed by atoms with Crippen molar-refractivity contribution in [3.8, 4) is 5.82 Å². The minimum Gasteiger partial charge on any atom is -0.457 e. The fraction of sp³-hybridized carbons (Fsp3) is 0.125. The number of nitrogens with zero attached hydrogens (tertiary/aromatic N) is 4. The highest BCUT2D eigenvalue weighted by Crippen LogP contribution is 2.30. The van der Waals surface area contributed by atoms with Crippen LogP contribution in [0.5, 0.6) is 0 Å². The third kappa shape index (κ3) is 3.82. The van der Waals surface area contributed by atoms with Gasteiger partial charge in [-0.2, -0.15) is 13.2 Å². The summed E-state index contributed by atoms with van der Waals surface area (Å²) in [5.41, 5.74) is -1.36. The number of rotatable bonds is 4. The van der Waals surface area contributed by atoms with E-state index in [0.717, 1.165) is 12.3 Å². The Hall–Kier alpha value is -3.23. The van der Waals surface area contributed by atoms with Crippen LogP contribution in [0.4, 0.5) is 13.2 Å². The van der Waals surface area contributed by atoms with Crippen LogP contribution in [0.25, 0.3) is 5.82 Å². The van der Waals surface area contributed by atoms with E-state index in [1.54, 1.807) is 35.4 Å². The van der Waals surface area contributed by atoms with Crippen LogP contribution >= 0.6 is 0 Å². The van der Waals surface area contributed by atoms with Crippen molar-refractivity contribution >= 4 is 5.97 Å². The van der Waals surface area contributed by atoms with Gasteiger partial charge in [0, 0.05) is 30.4 Å². The summed E-state index contributed by atoms with van der Waals surface area (Å²) in [6.07, 6.45) is 2.59. The number of carbonyl (C=O) groups excluding carboxylic acids is 1. The van der Waals surface area contributed by atoms with Gasteiger partial charge in [-0.25, -0.2) is 14.8 Å². The predicted molar refractivity (Wildman–Crippen MR) is 79.7 cm³/mol. The molecule has 6 nitrogen and oxygen atoms in total. The van der Waals surface area contributed by atoms with Gasteiger partial charge in [0.25, 0.3) is 0 Å². The lowest BCUT2D eigenvalue weighted by atomic mass is 10.2. The molecule has 0 aliphatic carbocycles. The monoisotopic (exact) mass is 348 g/mol. The van der Waals surface area contributed by atoms with Crippen molar-refractivity contribution in [2.24, 2.45) is 0 Å². The molecule has 0 spiro atoms. The highest BCUT2D eigenvalue weighted by atomic mass is 19.4. The molecule has 3 aromatic rings. The number of carbonyl (C=O) groups is 1. The molecule has 0 fully saturated rings. The van der Waals surface area contributed by atoms with Crippen molar-refractivity contribution in [2.45, 2.75) is 12.8 Å². The summed E-state index contributed by atoms with van der Waals surface area (Å²) < 4.78 is 45.2. The Labute approximate surface area is 139 Å². The maximum atomic E-state index is 12.9. The van der Waals surface area contributed by atoms with E-state index in [1.807, 2.05) is 0 Å². The molecule has 0 aliphatic rings. The maximum absolute atomic E-state index is 12.9. The van der Waals surface area contributed by atoms with Gasteiger partial charge in [0.15, 0.2) is 5.69 Å². The molecule has 0 atom stereocenters. The zero-order valence-electron chi connectivity index (χ0n) is 12.6. The molecular formula is C16H11F3N4O2. The van der Waals surface area contributed by atoms with Crippen LogP contribution < -0.4 is 0 Å². The number of aromatic nitrogens is 4. The summed E-state index contributed by atoms with van der Waals surface area (Å²) in [7, 11) is 0. The van der Waals surface area contributed by atoms with E-state index in [0.29, 0.717) is 11.4 Å². The van der Waals surface area contributed by atoms with Crippen LogP contribution in [0.3, 0.4) is 0 Å². The number of ether oxygens (including phenoxy) is 1. The van der Waals surface area contributed by atoms with E-state index in [2.05, 4.69) is 15.0 Å². The Morgan fingerprint density at radius 2 is 2.00 bits per heavy atom. The van der Waals surface area contributed by atoms with E-state index in [9.17, 15) is 18.0 Å². The number of alkyl halides is 3. The van der Waals surface area contributed by atoms with Crippen molar-refractivity contribution in [3.05, 3.63) is 72.2 Å². The lowest BCUT2D eigenvalue weighted by Crippen LogP contribution is -2.17. The van der Waals surface area contributed by atoms with Gasteiger partial charge in [-0.1, -0.05) is 6.07 Å². The Balaban J connectivity index is 1.69. The molecule has 0 saturated carbocycles. The van der Waals surface area contributed by atoms with Crippen molar-refractivity contribution in [2.75, 3.05) is 0 Å². The first kappa shape index (κ1) is 16.6. The Kier molecular flexibility index (Phi) is 4.46. The number of hydrogen-bond acceptors (Lipinski definition) is 5. The molecule has 3 aromatic heterocycles. The second-order valence-corrected chi connectivity index (χ2v) is 4.97. The lowest BCUT2D eigenvalue weighted by Gasteiger charge is -2.11. The summed E-state index contributed by atoms with van der Waals surface area (Å²) >= 11 is 0. The molecule has 0 aromatic carbocycles. The minimum atomic E-state index is -4.73. The molecule has 0 saturated heterocycles. The van der Waals surface area contributed by atoms with Crippen LogP contribution in [-0.2, 0) is 17.5 Å². The number of halogens is 3. The fourth-order valence-electron chi connectivity index (χ4n) is 2.07. The largest absolute Gasteiger partial charge is 0.457 e. The Bertz CT molecular complexity index is 862. The van der Waals surface area contributed by atoms with Crippen molar-refractivity contribution in [1.82, 2.24) is 19.5 Å². The minimum absolute atomic E-state index is 0.206. The van der Waals surface area contributed by atoms with Gasteiger partial charge >= 0.3 is 12.1 Å². The van der Waals surface area contributed by atoms with Crippen LogP contribution in [0, 0.1) is 0 Å². The third-order valence-electron chi connectivity index (χ3n) is 3.24. The highest BCUT2D eigenvalue weighted by molar-refractivity contribution is 5.90. The molecular weight excluding hydrogens is 337 g/mol. The van der Waals surface area contributed by atoms with Gasteiger partial charge in [0.2, 0.25) is 0 Å². The molecule has 0 bridgehead atoms. The van der Waals surface area contributed by atoms with Crippen molar-refractivity contribution in [1.29, 1.82) is 0 Å². The molecule has 0 amide bonds. The molecule has 3 rings (SSSR count). The third-order valence-corrected chi connectivity index (χ3v) is 3.24. The van der Waals surface area contributed by atoms with Gasteiger partial charge < -0.3 is 4.74 Å². The molecule has 25 heavy (non-hydrogen) atoms. The smallest absolute Gasteiger partial charge is 0.434 e. The Morgan fingerprint density at radius 3 is 2.64 bits per heavy atom. The molecule has 9 heteroatoms. The van der Waals surface area contributed by atoms with Gasteiger partial charge in [-0.15, -0.1) is 0 Å². The lowest BCUT2D eigenvalue weighted by molar-refractivity contribution is -0.141. The second-order valence-electron chi connectivity index (χ2n) is 4.97. The Morgan fingerprint density at radius 1 is 1.16 bits per heavy atom. The zero-order valence-corrected chi connectivity index (χ0v) is 12.6. The van der Waals surface area contributed by atoms with E-state index < -0.39 is 23.4 Å². The van der Waals surface area contributed by atoms with E-state index in [-0.39, 0.29) is 6.61 Å². The number of esters is 1. The molecule has 0 unspecified atom stereocenters. The first-order chi connectivity index (χ1) is 11.9. The van der Waals surface area contributed by atoms with Gasteiger partial charge in [0.1, 0.15) is 18.8 Å². The first-order valence-electron chi connectivity index (χ1n) is 7.08. The SMILES string of the molecule is O=C(OCc1ccc(-n2ccnc2)nc1)c1cccnc1C(F)(F)F. The molecule has 0 radical (unpaired) electrons. The first-order valence-corrected chi connectivity index (χ1v) is 7.08. The average molecular weight is 348 g/mol. The highest BCUT2D eigenvalue weighted by Gasteiger charge is 2.37. The number of hydrogen-bond donors (Lipinski definition) is 0. The molecule has 0 N–H and O–H groups in total. The van der Waals surface area contributed by atoms with Gasteiger partial charge in [-0.3, -0.25) is 9.55 Å². The van der Waals surface area contributed by atoms with Crippen LogP contribution in [0.1, 0.15) is 21.6 Å². The maximum Gasteiger partial charge on any atom is 0.434 e. The van der Waals surface area contributed by atoms with Crippen molar-refractivity contribution in [3.63, 3.8) is 0 Å². The fourth-order valence-corrected chi connectivity index (χ4v) is 2.07. The quantitative estimate of drug-likeness (QED) is 0.678. The normalized spacial score (nSPS) is 11.3. The van der Waals surface area contributed by atoms with Crippen LogP contribution in [0.15, 0.2) is 55.4 Å². The molecule has 3 heterocycles. The van der Waals surface area contributed by atoms with Crippen LogP contribution in [-0.4, -0.2) is 25.5 Å². The number of pyridine rings is 2. The van der Waals surface area contributed by atoms with Crippen molar-refractivity contribution < 1.29 is 22.7 Å². The topological polar surface area (TPSA) is 69.9 Å². The van der Waals surface area contributed by atoms with E-state index in [1.165, 1.54) is 12.3 Å². The summed E-state index contributed by atoms with van der Waals surface area (Å²) in [6, 6.07) is 5.60. The van der Waals surface area contributed by atoms with E-state index >= 15 is 0 Å². The van der Waals surface area contributed by atoms with Gasteiger partial charge in [-0.05, 0) is 18.2 Å². The summed E-state index contributed by atoms with van der Waals surface area (Å²) in [5.74, 6) is -0.488. The standard InChI is InChI=1S/C16H11F3N4O2/c17-16(18,19)14-12(2-1-5-21-14)15(24)25-9-11-3-4-13(22-8-11)23-7-6-20-10-23/h1-8,10H,9H2. The summed E-state index contributed by atoms with van der Waals surface area (Å²) in [4.78, 5) is 23.2. The number of imidazole rings is 1. The molecule has 128 valence electrons. The molecule has 0 aliphatic heterocycles. The summed E-state index contributed by atoms with van der Waals surface area (Å²) in [5, 5.41) is 0. The second kappa shape index (κ2) is 6.71. The van der Waals surface area contributed by atoms with Crippen LogP contribution in [0.2, 0.25) is 0 Å². The summed E-state index contributed by atoms with van der Waals surface area (Å²) in [6.45, 7) is -0.206. The van der Waals surface area contributed by atoms with Gasteiger partial charge in [0.05, 0.1) is 5.56 Å². The average Bonchev–Trinajstić information content (AvgIpc) is 3.14. The predicted octanol–water partition coefficient (Wildman–Crippen LogP) is 3.04.